The van der Waals surface area contributed by atoms with Crippen LogP contribution in [0.2, 0.25) is 0 Å². The lowest BCUT2D eigenvalue weighted by molar-refractivity contribution is 0.677. The number of aromatic nitrogens is 1. The summed E-state index contributed by atoms with van der Waals surface area (Å²) in [5.74, 6) is 0. The molecule has 0 atom stereocenters. The standard InChI is InChI=1S/C9H14N2/c1-6-9(10)7-4-2-3-5-8(7)11-6/h11H,2-5,10H2,1H3. The molecule has 1 aliphatic rings. The van der Waals surface area contributed by atoms with Crippen molar-refractivity contribution < 1.29 is 0 Å². The number of hydrogen-bond acceptors (Lipinski definition) is 1. The largest absolute Gasteiger partial charge is 0.397 e. The Labute approximate surface area is 66.8 Å². The lowest BCUT2D eigenvalue weighted by Gasteiger charge is -2.10. The van der Waals surface area contributed by atoms with Gasteiger partial charge in [0.2, 0.25) is 0 Å². The zero-order chi connectivity index (χ0) is 7.84. The predicted molar refractivity (Wildman–Crippen MR) is 46.6 cm³/mol. The number of nitrogens with one attached hydrogen (secondary N) is 1. The summed E-state index contributed by atoms with van der Waals surface area (Å²) in [7, 11) is 0. The van der Waals surface area contributed by atoms with Gasteiger partial charge in [-0.2, -0.15) is 0 Å². The van der Waals surface area contributed by atoms with E-state index in [1.165, 1.54) is 36.9 Å². The summed E-state index contributed by atoms with van der Waals surface area (Å²) in [6.07, 6.45) is 4.97. The molecule has 3 N–H and O–H groups in total. The van der Waals surface area contributed by atoms with Crippen LogP contribution in [0.3, 0.4) is 0 Å². The molecule has 0 saturated carbocycles. The highest BCUT2D eigenvalue weighted by atomic mass is 14.8. The van der Waals surface area contributed by atoms with Crippen LogP contribution < -0.4 is 5.73 Å². The maximum atomic E-state index is 5.89. The third-order valence-corrected chi connectivity index (χ3v) is 2.54. The quantitative estimate of drug-likeness (QED) is 0.581. The van der Waals surface area contributed by atoms with E-state index >= 15 is 0 Å². The van der Waals surface area contributed by atoms with Gasteiger partial charge in [0.1, 0.15) is 0 Å². The molecule has 2 heteroatoms. The number of H-pyrrole nitrogens is 1. The molecule has 0 saturated heterocycles. The van der Waals surface area contributed by atoms with Crippen LogP contribution in [0, 0.1) is 6.92 Å². The zero-order valence-electron chi connectivity index (χ0n) is 6.91. The van der Waals surface area contributed by atoms with E-state index in [9.17, 15) is 0 Å². The van der Waals surface area contributed by atoms with Crippen LogP contribution in [-0.2, 0) is 12.8 Å². The van der Waals surface area contributed by atoms with Crippen LogP contribution in [0.25, 0.3) is 0 Å². The van der Waals surface area contributed by atoms with Gasteiger partial charge in [-0.1, -0.05) is 0 Å². The van der Waals surface area contributed by atoms with Gasteiger partial charge in [0.25, 0.3) is 0 Å². The van der Waals surface area contributed by atoms with Crippen LogP contribution in [0.4, 0.5) is 5.69 Å². The van der Waals surface area contributed by atoms with Crippen LogP contribution >= 0.6 is 0 Å². The summed E-state index contributed by atoms with van der Waals surface area (Å²) in [6.45, 7) is 2.05. The van der Waals surface area contributed by atoms with Crippen LogP contribution in [0.5, 0.6) is 0 Å². The smallest absolute Gasteiger partial charge is 0.0557 e. The second-order valence-electron chi connectivity index (χ2n) is 3.33. The van der Waals surface area contributed by atoms with Gasteiger partial charge in [-0.15, -0.1) is 0 Å². The van der Waals surface area contributed by atoms with E-state index in [1.54, 1.807) is 0 Å². The van der Waals surface area contributed by atoms with E-state index in [0.29, 0.717) is 0 Å². The number of rotatable bonds is 0. The molecule has 2 nitrogen and oxygen atoms in total. The van der Waals surface area contributed by atoms with Crippen molar-refractivity contribution in [2.24, 2.45) is 0 Å². The summed E-state index contributed by atoms with van der Waals surface area (Å²) in [5.41, 5.74) is 10.8. The number of aromatic amines is 1. The molecule has 1 aliphatic carbocycles. The lowest BCUT2D eigenvalue weighted by Crippen LogP contribution is -2.01. The summed E-state index contributed by atoms with van der Waals surface area (Å²) in [5, 5.41) is 0. The summed E-state index contributed by atoms with van der Waals surface area (Å²) in [6, 6.07) is 0. The van der Waals surface area contributed by atoms with Crippen molar-refractivity contribution in [3.63, 3.8) is 0 Å². The summed E-state index contributed by atoms with van der Waals surface area (Å²) in [4.78, 5) is 3.34. The van der Waals surface area contributed by atoms with Gasteiger partial charge in [0.05, 0.1) is 5.69 Å². The first-order valence-electron chi connectivity index (χ1n) is 4.25. The minimum absolute atomic E-state index is 1.000. The molecular formula is C9H14N2. The molecule has 2 rings (SSSR count). The Morgan fingerprint density at radius 1 is 1.27 bits per heavy atom. The second kappa shape index (κ2) is 2.29. The highest BCUT2D eigenvalue weighted by Gasteiger charge is 2.15. The molecule has 0 unspecified atom stereocenters. The van der Waals surface area contributed by atoms with E-state index in [4.69, 9.17) is 5.73 Å². The Morgan fingerprint density at radius 3 is 2.73 bits per heavy atom. The SMILES string of the molecule is Cc1[nH]c2c(c1N)CCCC2. The van der Waals surface area contributed by atoms with Crippen molar-refractivity contribution in [3.8, 4) is 0 Å². The van der Waals surface area contributed by atoms with Crippen molar-refractivity contribution in [1.82, 2.24) is 4.98 Å². The molecule has 11 heavy (non-hydrogen) atoms. The highest BCUT2D eigenvalue weighted by Crippen LogP contribution is 2.27. The Kier molecular flexibility index (Phi) is 1.41. The molecule has 0 spiro atoms. The average molecular weight is 150 g/mol. The normalized spacial score (nSPS) is 16.5. The molecule has 0 radical (unpaired) electrons. The fourth-order valence-electron chi connectivity index (χ4n) is 1.86. The first-order chi connectivity index (χ1) is 5.29. The molecule has 0 aromatic carbocycles. The molecule has 0 aliphatic heterocycles. The Bertz CT molecular complexity index is 273. The fourth-order valence-corrected chi connectivity index (χ4v) is 1.86. The van der Waals surface area contributed by atoms with Gasteiger partial charge in [-0.05, 0) is 38.2 Å². The lowest BCUT2D eigenvalue weighted by atomic mass is 9.97. The van der Waals surface area contributed by atoms with E-state index in [-0.39, 0.29) is 0 Å². The van der Waals surface area contributed by atoms with Gasteiger partial charge in [0.15, 0.2) is 0 Å². The molecular weight excluding hydrogens is 136 g/mol. The van der Waals surface area contributed by atoms with Crippen molar-refractivity contribution in [2.45, 2.75) is 32.6 Å². The van der Waals surface area contributed by atoms with Gasteiger partial charge in [-0.25, -0.2) is 0 Å². The number of aryl methyl sites for hydroxylation is 2. The van der Waals surface area contributed by atoms with Gasteiger partial charge in [-0.3, -0.25) is 0 Å². The van der Waals surface area contributed by atoms with E-state index in [0.717, 1.165) is 11.4 Å². The highest BCUT2D eigenvalue weighted by molar-refractivity contribution is 5.55. The van der Waals surface area contributed by atoms with Crippen molar-refractivity contribution >= 4 is 5.69 Å². The number of hydrogen-bond donors (Lipinski definition) is 2. The minimum Gasteiger partial charge on any atom is -0.397 e. The van der Waals surface area contributed by atoms with Crippen LogP contribution in [-0.4, -0.2) is 4.98 Å². The van der Waals surface area contributed by atoms with Gasteiger partial charge < -0.3 is 10.7 Å². The minimum atomic E-state index is 1.000. The summed E-state index contributed by atoms with van der Waals surface area (Å²) < 4.78 is 0. The van der Waals surface area contributed by atoms with Crippen molar-refractivity contribution in [3.05, 3.63) is 17.0 Å². The Morgan fingerprint density at radius 2 is 2.00 bits per heavy atom. The molecule has 0 fully saturated rings. The zero-order valence-corrected chi connectivity index (χ0v) is 6.91. The molecule has 60 valence electrons. The number of fused-ring (bicyclic) bond motifs is 1. The number of nitrogen functional groups attached to an aromatic ring is 1. The summed E-state index contributed by atoms with van der Waals surface area (Å²) >= 11 is 0. The van der Waals surface area contributed by atoms with Gasteiger partial charge >= 0.3 is 0 Å². The molecule has 1 heterocycles. The van der Waals surface area contributed by atoms with E-state index in [1.807, 2.05) is 6.92 Å². The Hall–Kier alpha value is -0.920. The second-order valence-corrected chi connectivity index (χ2v) is 3.33. The first kappa shape index (κ1) is 6.77. The maximum Gasteiger partial charge on any atom is 0.0557 e. The first-order valence-corrected chi connectivity index (χ1v) is 4.25. The predicted octanol–water partition coefficient (Wildman–Crippen LogP) is 1.78. The average Bonchev–Trinajstić information content (AvgIpc) is 2.30. The Balaban J connectivity index is 2.50. The fraction of sp³-hybridized carbons (Fsp3) is 0.556. The van der Waals surface area contributed by atoms with Crippen molar-refractivity contribution in [1.29, 1.82) is 0 Å². The van der Waals surface area contributed by atoms with E-state index in [2.05, 4.69) is 4.98 Å². The third-order valence-electron chi connectivity index (χ3n) is 2.54. The third kappa shape index (κ3) is 0.934. The van der Waals surface area contributed by atoms with Crippen LogP contribution in [0.15, 0.2) is 0 Å². The maximum absolute atomic E-state index is 5.89. The molecule has 0 bridgehead atoms. The molecule has 0 amide bonds. The number of anilines is 1. The molecule has 1 aromatic rings. The van der Waals surface area contributed by atoms with Crippen molar-refractivity contribution in [2.75, 3.05) is 5.73 Å². The number of nitrogens with two attached hydrogens (primary N) is 1. The topological polar surface area (TPSA) is 41.8 Å². The molecule has 1 aromatic heterocycles. The van der Waals surface area contributed by atoms with Gasteiger partial charge in [0, 0.05) is 11.4 Å². The monoisotopic (exact) mass is 150 g/mol. The van der Waals surface area contributed by atoms with E-state index < -0.39 is 0 Å². The van der Waals surface area contributed by atoms with Crippen LogP contribution in [0.1, 0.15) is 29.8 Å².